The highest BCUT2D eigenvalue weighted by Crippen LogP contribution is 2.13. The van der Waals surface area contributed by atoms with Gasteiger partial charge in [-0.15, -0.1) is 0 Å². The SMILES string of the molecule is CNC(=O)C1CNCCN1S(=O)(=O)CCc1ccccc1. The minimum Gasteiger partial charge on any atom is -0.358 e. The number of likely N-dealkylation sites (N-methyl/N-ethyl adjacent to an activating group) is 1. The monoisotopic (exact) mass is 311 g/mol. The van der Waals surface area contributed by atoms with Crippen LogP contribution in [0.4, 0.5) is 0 Å². The molecule has 1 aromatic carbocycles. The van der Waals surface area contributed by atoms with Gasteiger partial charge in [-0.3, -0.25) is 4.79 Å². The van der Waals surface area contributed by atoms with Gasteiger partial charge < -0.3 is 10.6 Å². The van der Waals surface area contributed by atoms with Gasteiger partial charge in [-0.25, -0.2) is 8.42 Å². The van der Waals surface area contributed by atoms with E-state index in [4.69, 9.17) is 0 Å². The second-order valence-electron chi connectivity index (χ2n) is 5.00. The van der Waals surface area contributed by atoms with E-state index in [0.717, 1.165) is 5.56 Å². The van der Waals surface area contributed by atoms with Gasteiger partial charge in [0.05, 0.1) is 5.75 Å². The van der Waals surface area contributed by atoms with E-state index in [0.29, 0.717) is 26.1 Å². The molecule has 2 rings (SSSR count). The third-order valence-electron chi connectivity index (χ3n) is 3.59. The van der Waals surface area contributed by atoms with Crippen LogP contribution in [0.2, 0.25) is 0 Å². The molecule has 0 aromatic heterocycles. The number of nitrogens with zero attached hydrogens (tertiary/aromatic N) is 1. The Labute approximate surface area is 125 Å². The molecule has 1 unspecified atom stereocenters. The molecule has 1 heterocycles. The molecule has 1 fully saturated rings. The molecule has 1 amide bonds. The zero-order chi connectivity index (χ0) is 15.3. The van der Waals surface area contributed by atoms with Gasteiger partial charge in [0, 0.05) is 26.7 Å². The molecule has 0 radical (unpaired) electrons. The van der Waals surface area contributed by atoms with Crippen molar-refractivity contribution in [2.45, 2.75) is 12.5 Å². The van der Waals surface area contributed by atoms with Crippen LogP contribution in [0.3, 0.4) is 0 Å². The number of aryl methyl sites for hydroxylation is 1. The van der Waals surface area contributed by atoms with Crippen molar-refractivity contribution in [1.29, 1.82) is 0 Å². The summed E-state index contributed by atoms with van der Waals surface area (Å²) in [6.45, 7) is 1.25. The summed E-state index contributed by atoms with van der Waals surface area (Å²) < 4.78 is 26.3. The van der Waals surface area contributed by atoms with E-state index in [2.05, 4.69) is 10.6 Å². The van der Waals surface area contributed by atoms with Gasteiger partial charge >= 0.3 is 0 Å². The Morgan fingerprint density at radius 1 is 1.38 bits per heavy atom. The van der Waals surface area contributed by atoms with Crippen LogP contribution in [0.1, 0.15) is 5.56 Å². The highest BCUT2D eigenvalue weighted by Gasteiger charge is 2.35. The third-order valence-corrected chi connectivity index (χ3v) is 5.46. The fourth-order valence-electron chi connectivity index (χ4n) is 2.42. The van der Waals surface area contributed by atoms with E-state index in [1.165, 1.54) is 11.4 Å². The Kier molecular flexibility index (Phi) is 5.33. The summed E-state index contributed by atoms with van der Waals surface area (Å²) in [5.41, 5.74) is 0.979. The van der Waals surface area contributed by atoms with Crippen molar-refractivity contribution in [1.82, 2.24) is 14.9 Å². The van der Waals surface area contributed by atoms with Crippen molar-refractivity contribution >= 4 is 15.9 Å². The highest BCUT2D eigenvalue weighted by atomic mass is 32.2. The van der Waals surface area contributed by atoms with Crippen LogP contribution in [0, 0.1) is 0 Å². The molecular formula is C14H21N3O3S. The Bertz CT molecular complexity index is 574. The van der Waals surface area contributed by atoms with Crippen molar-refractivity contribution < 1.29 is 13.2 Å². The standard InChI is InChI=1S/C14H21N3O3S/c1-15-14(18)13-11-16-8-9-17(13)21(19,20)10-7-12-5-3-2-4-6-12/h2-6,13,16H,7-11H2,1H3,(H,15,18). The van der Waals surface area contributed by atoms with E-state index in [-0.39, 0.29) is 11.7 Å². The summed E-state index contributed by atoms with van der Waals surface area (Å²) >= 11 is 0. The number of carbonyl (C=O) groups excluding carboxylic acids is 1. The lowest BCUT2D eigenvalue weighted by molar-refractivity contribution is -0.124. The van der Waals surface area contributed by atoms with Crippen molar-refractivity contribution in [3.63, 3.8) is 0 Å². The first-order valence-corrected chi connectivity index (χ1v) is 8.61. The number of rotatable bonds is 5. The Balaban J connectivity index is 2.07. The van der Waals surface area contributed by atoms with Gasteiger partial charge in [-0.1, -0.05) is 30.3 Å². The summed E-state index contributed by atoms with van der Waals surface area (Å²) in [5, 5.41) is 5.58. The lowest BCUT2D eigenvalue weighted by atomic mass is 10.2. The van der Waals surface area contributed by atoms with E-state index >= 15 is 0 Å². The smallest absolute Gasteiger partial charge is 0.239 e. The quantitative estimate of drug-likeness (QED) is 0.774. The summed E-state index contributed by atoms with van der Waals surface area (Å²) in [6.07, 6.45) is 0.452. The zero-order valence-corrected chi connectivity index (χ0v) is 12.9. The molecule has 1 aliphatic heterocycles. The van der Waals surface area contributed by atoms with Gasteiger partial charge in [0.2, 0.25) is 15.9 Å². The second-order valence-corrected chi connectivity index (χ2v) is 7.04. The van der Waals surface area contributed by atoms with Crippen LogP contribution < -0.4 is 10.6 Å². The zero-order valence-electron chi connectivity index (χ0n) is 12.1. The molecule has 1 aromatic rings. The third kappa shape index (κ3) is 4.03. The molecular weight excluding hydrogens is 290 g/mol. The number of carbonyl (C=O) groups is 1. The number of amides is 1. The van der Waals surface area contributed by atoms with Crippen LogP contribution in [0.5, 0.6) is 0 Å². The molecule has 1 aliphatic rings. The lowest BCUT2D eigenvalue weighted by Gasteiger charge is -2.33. The number of piperazine rings is 1. The first-order valence-electron chi connectivity index (χ1n) is 7.00. The van der Waals surface area contributed by atoms with E-state index in [1.54, 1.807) is 0 Å². The Morgan fingerprint density at radius 3 is 2.76 bits per heavy atom. The minimum absolute atomic E-state index is 0.0184. The number of hydrogen-bond acceptors (Lipinski definition) is 4. The van der Waals surface area contributed by atoms with Crippen molar-refractivity contribution in [3.05, 3.63) is 35.9 Å². The van der Waals surface area contributed by atoms with Crippen LogP contribution in [-0.4, -0.2) is 57.1 Å². The van der Waals surface area contributed by atoms with E-state index in [1.807, 2.05) is 30.3 Å². The van der Waals surface area contributed by atoms with Crippen molar-refractivity contribution in [3.8, 4) is 0 Å². The normalized spacial score (nSPS) is 20.1. The molecule has 6 nitrogen and oxygen atoms in total. The molecule has 116 valence electrons. The molecule has 0 bridgehead atoms. The summed E-state index contributed by atoms with van der Waals surface area (Å²) in [6, 6.07) is 8.83. The maximum atomic E-state index is 12.5. The van der Waals surface area contributed by atoms with Gasteiger partial charge in [0.1, 0.15) is 6.04 Å². The summed E-state index contributed by atoms with van der Waals surface area (Å²) in [7, 11) is -1.93. The van der Waals surface area contributed by atoms with Crippen molar-refractivity contribution in [2.24, 2.45) is 0 Å². The van der Waals surface area contributed by atoms with Crippen LogP contribution in [-0.2, 0) is 21.2 Å². The average molecular weight is 311 g/mol. The molecule has 7 heteroatoms. The van der Waals surface area contributed by atoms with Gasteiger partial charge in [-0.05, 0) is 12.0 Å². The predicted molar refractivity (Wildman–Crippen MR) is 81.4 cm³/mol. The van der Waals surface area contributed by atoms with Crippen LogP contribution in [0.15, 0.2) is 30.3 Å². The molecule has 1 saturated heterocycles. The largest absolute Gasteiger partial charge is 0.358 e. The highest BCUT2D eigenvalue weighted by molar-refractivity contribution is 7.89. The lowest BCUT2D eigenvalue weighted by Crippen LogP contribution is -2.59. The first kappa shape index (κ1) is 15.9. The molecule has 0 aliphatic carbocycles. The van der Waals surface area contributed by atoms with Crippen LogP contribution in [0.25, 0.3) is 0 Å². The molecule has 1 atom stereocenters. The Hall–Kier alpha value is -1.44. The predicted octanol–water partition coefficient (Wildman–Crippen LogP) is -0.421. The number of nitrogens with one attached hydrogen (secondary N) is 2. The second kappa shape index (κ2) is 7.02. The van der Waals surface area contributed by atoms with Crippen molar-refractivity contribution in [2.75, 3.05) is 32.4 Å². The number of hydrogen-bond donors (Lipinski definition) is 2. The molecule has 21 heavy (non-hydrogen) atoms. The maximum Gasteiger partial charge on any atom is 0.239 e. The first-order chi connectivity index (χ1) is 10.0. The molecule has 2 N–H and O–H groups in total. The van der Waals surface area contributed by atoms with E-state index < -0.39 is 16.1 Å². The maximum absolute atomic E-state index is 12.5. The van der Waals surface area contributed by atoms with Gasteiger partial charge in [0.15, 0.2) is 0 Å². The molecule has 0 spiro atoms. The van der Waals surface area contributed by atoms with Crippen LogP contribution >= 0.6 is 0 Å². The topological polar surface area (TPSA) is 78.5 Å². The van der Waals surface area contributed by atoms with Gasteiger partial charge in [0.25, 0.3) is 0 Å². The summed E-state index contributed by atoms with van der Waals surface area (Å²) in [5.74, 6) is -0.254. The fourth-order valence-corrected chi connectivity index (χ4v) is 4.07. The fraction of sp³-hybridized carbons (Fsp3) is 0.500. The number of benzene rings is 1. The molecule has 0 saturated carbocycles. The average Bonchev–Trinajstić information content (AvgIpc) is 2.53. The number of sulfonamides is 1. The minimum atomic E-state index is -3.45. The van der Waals surface area contributed by atoms with Gasteiger partial charge in [-0.2, -0.15) is 4.31 Å². The Morgan fingerprint density at radius 2 is 2.10 bits per heavy atom. The van der Waals surface area contributed by atoms with E-state index in [9.17, 15) is 13.2 Å². The summed E-state index contributed by atoms with van der Waals surface area (Å²) in [4.78, 5) is 11.8.